The van der Waals surface area contributed by atoms with Crippen molar-refractivity contribution in [3.63, 3.8) is 0 Å². The maximum atomic E-state index is 12.2. The summed E-state index contributed by atoms with van der Waals surface area (Å²) in [6.07, 6.45) is 6.47. The number of pyridine rings is 1. The van der Waals surface area contributed by atoms with Crippen molar-refractivity contribution in [2.45, 2.75) is 12.0 Å². The summed E-state index contributed by atoms with van der Waals surface area (Å²) in [5.41, 5.74) is 3.95. The summed E-state index contributed by atoms with van der Waals surface area (Å²) < 4.78 is 0. The number of aldehydes is 1. The molecule has 0 saturated carbocycles. The fourth-order valence-corrected chi connectivity index (χ4v) is 3.37. The molecule has 2 aromatic heterocycles. The first-order valence-corrected chi connectivity index (χ1v) is 8.59. The first kappa shape index (κ1) is 16.1. The Morgan fingerprint density at radius 3 is 2.54 bits per heavy atom. The number of para-hydroxylation sites is 1. The lowest BCUT2D eigenvalue weighted by atomic mass is 9.87. The molecular formula is C22H19N3O. The molecule has 4 heteroatoms. The van der Waals surface area contributed by atoms with Gasteiger partial charge in [0.25, 0.3) is 0 Å². The highest BCUT2D eigenvalue weighted by Crippen LogP contribution is 2.36. The number of nitrogens with one attached hydrogen (secondary N) is 2. The molecule has 0 aliphatic heterocycles. The second kappa shape index (κ2) is 7.23. The molecule has 2 atom stereocenters. The van der Waals surface area contributed by atoms with Gasteiger partial charge in [0.1, 0.15) is 6.29 Å². The largest absolute Gasteiger partial charge is 0.376 e. The Bertz CT molecular complexity index is 996. The van der Waals surface area contributed by atoms with Crippen LogP contribution in [0.15, 0.2) is 85.3 Å². The summed E-state index contributed by atoms with van der Waals surface area (Å²) in [6, 6.07) is 21.7. The van der Waals surface area contributed by atoms with Crippen molar-refractivity contribution in [3.05, 3.63) is 96.4 Å². The quantitative estimate of drug-likeness (QED) is 0.500. The molecule has 0 fully saturated rings. The predicted octanol–water partition coefficient (Wildman–Crippen LogP) is 4.70. The van der Waals surface area contributed by atoms with Crippen LogP contribution in [0.2, 0.25) is 0 Å². The first-order chi connectivity index (χ1) is 12.9. The minimum atomic E-state index is -0.339. The van der Waals surface area contributed by atoms with E-state index in [2.05, 4.69) is 15.3 Å². The third-order valence-electron chi connectivity index (χ3n) is 4.63. The van der Waals surface area contributed by atoms with E-state index in [1.54, 1.807) is 12.4 Å². The molecule has 0 saturated heterocycles. The predicted molar refractivity (Wildman–Crippen MR) is 104 cm³/mol. The van der Waals surface area contributed by atoms with Crippen LogP contribution in [0.25, 0.3) is 10.9 Å². The number of benzene rings is 2. The van der Waals surface area contributed by atoms with Gasteiger partial charge in [-0.05, 0) is 29.3 Å². The molecule has 128 valence electrons. The molecule has 2 aromatic carbocycles. The standard InChI is InChI=1S/C22H19N3O/c26-15-20(19-14-24-21-11-5-4-10-18(19)21)22(16-7-2-1-3-8-16)25-17-9-6-12-23-13-17/h1-15,20,22,24-25H. The third-order valence-corrected chi connectivity index (χ3v) is 4.63. The number of hydrogen-bond acceptors (Lipinski definition) is 3. The van der Waals surface area contributed by atoms with E-state index in [0.717, 1.165) is 34.0 Å². The van der Waals surface area contributed by atoms with Crippen LogP contribution in [0.3, 0.4) is 0 Å². The molecule has 26 heavy (non-hydrogen) atoms. The van der Waals surface area contributed by atoms with Crippen molar-refractivity contribution in [2.75, 3.05) is 5.32 Å². The number of rotatable bonds is 6. The van der Waals surface area contributed by atoms with Gasteiger partial charge in [0.2, 0.25) is 0 Å². The zero-order valence-corrected chi connectivity index (χ0v) is 14.2. The third kappa shape index (κ3) is 3.09. The topological polar surface area (TPSA) is 57.8 Å². The summed E-state index contributed by atoms with van der Waals surface area (Å²) in [4.78, 5) is 19.6. The second-order valence-electron chi connectivity index (χ2n) is 6.23. The van der Waals surface area contributed by atoms with Crippen LogP contribution in [0, 0.1) is 0 Å². The number of aromatic amines is 1. The monoisotopic (exact) mass is 341 g/mol. The van der Waals surface area contributed by atoms with Gasteiger partial charge in [0.15, 0.2) is 0 Å². The molecular weight excluding hydrogens is 322 g/mol. The summed E-state index contributed by atoms with van der Waals surface area (Å²) >= 11 is 0. The van der Waals surface area contributed by atoms with Crippen LogP contribution in [-0.2, 0) is 4.79 Å². The van der Waals surface area contributed by atoms with Gasteiger partial charge in [-0.15, -0.1) is 0 Å². The number of nitrogens with zero attached hydrogens (tertiary/aromatic N) is 1. The van der Waals surface area contributed by atoms with Crippen LogP contribution in [0.1, 0.15) is 23.1 Å². The van der Waals surface area contributed by atoms with Gasteiger partial charge in [-0.25, -0.2) is 0 Å². The Labute approximate surface area is 151 Å². The highest BCUT2D eigenvalue weighted by Gasteiger charge is 2.26. The van der Waals surface area contributed by atoms with Crippen molar-refractivity contribution < 1.29 is 4.79 Å². The van der Waals surface area contributed by atoms with E-state index in [9.17, 15) is 4.79 Å². The summed E-state index contributed by atoms with van der Waals surface area (Å²) in [6.45, 7) is 0. The lowest BCUT2D eigenvalue weighted by molar-refractivity contribution is -0.109. The fourth-order valence-electron chi connectivity index (χ4n) is 3.37. The number of aromatic nitrogens is 2. The Morgan fingerprint density at radius 2 is 1.77 bits per heavy atom. The molecule has 0 spiro atoms. The van der Waals surface area contributed by atoms with E-state index in [0.29, 0.717) is 0 Å². The average Bonchev–Trinajstić information content (AvgIpc) is 3.13. The van der Waals surface area contributed by atoms with Gasteiger partial charge in [0, 0.05) is 29.5 Å². The minimum absolute atomic E-state index is 0.197. The van der Waals surface area contributed by atoms with E-state index in [-0.39, 0.29) is 12.0 Å². The molecule has 2 N–H and O–H groups in total. The Hall–Kier alpha value is -3.40. The van der Waals surface area contributed by atoms with Crippen LogP contribution in [0.5, 0.6) is 0 Å². The fraction of sp³-hybridized carbons (Fsp3) is 0.0909. The van der Waals surface area contributed by atoms with Gasteiger partial charge in [-0.3, -0.25) is 4.98 Å². The average molecular weight is 341 g/mol. The molecule has 0 bridgehead atoms. The van der Waals surface area contributed by atoms with E-state index in [4.69, 9.17) is 0 Å². The van der Waals surface area contributed by atoms with E-state index in [1.807, 2.05) is 72.9 Å². The molecule has 0 aliphatic carbocycles. The van der Waals surface area contributed by atoms with Gasteiger partial charge in [-0.1, -0.05) is 48.5 Å². The number of hydrogen-bond donors (Lipinski definition) is 2. The van der Waals surface area contributed by atoms with E-state index in [1.165, 1.54) is 0 Å². The Balaban J connectivity index is 1.79. The molecule has 0 radical (unpaired) electrons. The molecule has 2 heterocycles. The van der Waals surface area contributed by atoms with Gasteiger partial charge < -0.3 is 15.1 Å². The SMILES string of the molecule is O=CC(c1c[nH]c2ccccc12)C(Nc1cccnc1)c1ccccc1. The maximum Gasteiger partial charge on any atom is 0.129 e. The second-order valence-corrected chi connectivity index (χ2v) is 6.23. The normalized spacial score (nSPS) is 13.2. The molecule has 0 amide bonds. The van der Waals surface area contributed by atoms with Crippen LogP contribution in [0.4, 0.5) is 5.69 Å². The van der Waals surface area contributed by atoms with Crippen LogP contribution in [-0.4, -0.2) is 16.3 Å². The molecule has 2 unspecified atom stereocenters. The van der Waals surface area contributed by atoms with Gasteiger partial charge in [-0.2, -0.15) is 0 Å². The molecule has 4 aromatic rings. The van der Waals surface area contributed by atoms with Crippen LogP contribution >= 0.6 is 0 Å². The van der Waals surface area contributed by atoms with Crippen molar-refractivity contribution in [1.29, 1.82) is 0 Å². The number of carbonyl (C=O) groups is 1. The molecule has 4 nitrogen and oxygen atoms in total. The van der Waals surface area contributed by atoms with Crippen molar-refractivity contribution >= 4 is 22.9 Å². The number of anilines is 1. The van der Waals surface area contributed by atoms with Crippen molar-refractivity contribution in [1.82, 2.24) is 9.97 Å². The summed E-state index contributed by atoms with van der Waals surface area (Å²) in [5.74, 6) is -0.339. The zero-order chi connectivity index (χ0) is 17.8. The number of H-pyrrole nitrogens is 1. The summed E-state index contributed by atoms with van der Waals surface area (Å²) in [7, 11) is 0. The maximum absolute atomic E-state index is 12.2. The van der Waals surface area contributed by atoms with E-state index < -0.39 is 0 Å². The van der Waals surface area contributed by atoms with Gasteiger partial charge in [0.05, 0.1) is 17.6 Å². The smallest absolute Gasteiger partial charge is 0.129 e. The Morgan fingerprint density at radius 1 is 0.962 bits per heavy atom. The summed E-state index contributed by atoms with van der Waals surface area (Å²) in [5, 5.41) is 4.56. The molecule has 0 aliphatic rings. The van der Waals surface area contributed by atoms with Crippen molar-refractivity contribution in [3.8, 4) is 0 Å². The number of fused-ring (bicyclic) bond motifs is 1. The van der Waals surface area contributed by atoms with Crippen LogP contribution < -0.4 is 5.32 Å². The zero-order valence-electron chi connectivity index (χ0n) is 14.2. The minimum Gasteiger partial charge on any atom is -0.376 e. The highest BCUT2D eigenvalue weighted by atomic mass is 16.1. The first-order valence-electron chi connectivity index (χ1n) is 8.59. The molecule has 4 rings (SSSR count). The highest BCUT2D eigenvalue weighted by molar-refractivity contribution is 5.87. The lowest BCUT2D eigenvalue weighted by Gasteiger charge is -2.25. The van der Waals surface area contributed by atoms with Gasteiger partial charge >= 0.3 is 0 Å². The number of carbonyl (C=O) groups excluding carboxylic acids is 1. The van der Waals surface area contributed by atoms with Crippen molar-refractivity contribution in [2.24, 2.45) is 0 Å². The lowest BCUT2D eigenvalue weighted by Crippen LogP contribution is -2.20. The van der Waals surface area contributed by atoms with E-state index >= 15 is 0 Å². The Kier molecular flexibility index (Phi) is 4.48.